The standard InChI is InChI=1S/C20H23N3O9S/c1-11(24)30-17-9-21(10-18(17)31-12(2)25)19(26)16-7-15(33)8-22(16)20(27)32-14-5-3-13(4-6-14)23(28)29/h3-6,15-18,33H,7-10H2,1-2H3/t15-,16-,17-,18-/m0/s1. The summed E-state index contributed by atoms with van der Waals surface area (Å²) in [6.07, 6.45) is -2.16. The van der Waals surface area contributed by atoms with E-state index in [1.807, 2.05) is 0 Å². The number of thiol groups is 1. The molecular weight excluding hydrogens is 458 g/mol. The van der Waals surface area contributed by atoms with E-state index in [4.69, 9.17) is 14.2 Å². The molecule has 2 fully saturated rings. The monoisotopic (exact) mass is 481 g/mol. The van der Waals surface area contributed by atoms with Crippen molar-refractivity contribution in [3.8, 4) is 5.75 Å². The second-order valence-corrected chi connectivity index (χ2v) is 8.45. The maximum Gasteiger partial charge on any atom is 0.415 e. The number of rotatable bonds is 5. The van der Waals surface area contributed by atoms with Crippen LogP contribution < -0.4 is 4.74 Å². The number of likely N-dealkylation sites (tertiary alicyclic amines) is 2. The molecule has 0 unspecified atom stereocenters. The van der Waals surface area contributed by atoms with Crippen LogP contribution in [-0.2, 0) is 23.9 Å². The molecule has 4 atom stereocenters. The molecule has 2 aliphatic rings. The average Bonchev–Trinajstić information content (AvgIpc) is 3.30. The highest BCUT2D eigenvalue weighted by Gasteiger charge is 2.46. The van der Waals surface area contributed by atoms with Crippen molar-refractivity contribution >= 4 is 42.3 Å². The molecule has 2 aliphatic heterocycles. The van der Waals surface area contributed by atoms with E-state index in [2.05, 4.69) is 12.6 Å². The number of non-ortho nitro benzene ring substituents is 1. The first-order chi connectivity index (χ1) is 15.5. The van der Waals surface area contributed by atoms with Crippen molar-refractivity contribution in [3.05, 3.63) is 34.4 Å². The maximum atomic E-state index is 13.2. The molecule has 2 amide bonds. The maximum absolute atomic E-state index is 13.2. The van der Waals surface area contributed by atoms with Crippen molar-refractivity contribution < 1.29 is 38.3 Å². The fourth-order valence-electron chi connectivity index (χ4n) is 3.83. The molecule has 1 aromatic rings. The Bertz CT molecular complexity index is 931. The minimum absolute atomic E-state index is 0.00926. The molecule has 1 aromatic carbocycles. The number of nitro benzene ring substituents is 1. The first-order valence-corrected chi connectivity index (χ1v) is 10.6. The second-order valence-electron chi connectivity index (χ2n) is 7.72. The molecule has 33 heavy (non-hydrogen) atoms. The van der Waals surface area contributed by atoms with Crippen molar-refractivity contribution in [1.82, 2.24) is 9.80 Å². The third-order valence-electron chi connectivity index (χ3n) is 5.21. The zero-order valence-electron chi connectivity index (χ0n) is 17.9. The third kappa shape index (κ3) is 5.92. The molecule has 12 nitrogen and oxygen atoms in total. The largest absolute Gasteiger partial charge is 0.457 e. The fourth-order valence-corrected chi connectivity index (χ4v) is 4.21. The summed E-state index contributed by atoms with van der Waals surface area (Å²) >= 11 is 4.40. The molecular formula is C20H23N3O9S. The van der Waals surface area contributed by atoms with Crippen LogP contribution in [-0.4, -0.2) is 81.8 Å². The van der Waals surface area contributed by atoms with Gasteiger partial charge in [-0.25, -0.2) is 4.79 Å². The number of amides is 2. The first kappa shape index (κ1) is 24.3. The van der Waals surface area contributed by atoms with Crippen LogP contribution in [0, 0.1) is 10.1 Å². The van der Waals surface area contributed by atoms with Crippen LogP contribution in [0.5, 0.6) is 5.75 Å². The van der Waals surface area contributed by atoms with E-state index in [1.54, 1.807) is 0 Å². The highest BCUT2D eigenvalue weighted by molar-refractivity contribution is 7.81. The van der Waals surface area contributed by atoms with Crippen molar-refractivity contribution in [3.63, 3.8) is 0 Å². The summed E-state index contributed by atoms with van der Waals surface area (Å²) in [4.78, 5) is 61.6. The first-order valence-electron chi connectivity index (χ1n) is 10.1. The Morgan fingerprint density at radius 1 is 1.00 bits per heavy atom. The van der Waals surface area contributed by atoms with Crippen LogP contribution in [0.3, 0.4) is 0 Å². The summed E-state index contributed by atoms with van der Waals surface area (Å²) in [5.74, 6) is -1.48. The molecule has 13 heteroatoms. The molecule has 0 saturated carbocycles. The Morgan fingerprint density at radius 3 is 2.03 bits per heavy atom. The number of hydrogen-bond donors (Lipinski definition) is 1. The molecule has 0 N–H and O–H groups in total. The van der Waals surface area contributed by atoms with Gasteiger partial charge in [-0.15, -0.1) is 0 Å². The lowest BCUT2D eigenvalue weighted by Crippen LogP contribution is -2.48. The lowest BCUT2D eigenvalue weighted by molar-refractivity contribution is -0.384. The zero-order chi connectivity index (χ0) is 24.3. The van der Waals surface area contributed by atoms with Crippen molar-refractivity contribution in [1.29, 1.82) is 0 Å². The van der Waals surface area contributed by atoms with Gasteiger partial charge in [0.25, 0.3) is 5.69 Å². The Hall–Kier alpha value is -3.35. The summed E-state index contributed by atoms with van der Waals surface area (Å²) in [6, 6.07) is 4.09. The van der Waals surface area contributed by atoms with Gasteiger partial charge in [0, 0.05) is 37.8 Å². The van der Waals surface area contributed by atoms with Crippen molar-refractivity contribution in [2.45, 2.75) is 43.8 Å². The van der Waals surface area contributed by atoms with Gasteiger partial charge in [-0.1, -0.05) is 0 Å². The van der Waals surface area contributed by atoms with E-state index >= 15 is 0 Å². The Labute approximate surface area is 194 Å². The van der Waals surface area contributed by atoms with Gasteiger partial charge in [0.05, 0.1) is 18.0 Å². The van der Waals surface area contributed by atoms with Crippen LogP contribution >= 0.6 is 12.6 Å². The summed E-state index contributed by atoms with van der Waals surface area (Å²) < 4.78 is 15.7. The summed E-state index contributed by atoms with van der Waals surface area (Å²) in [7, 11) is 0. The van der Waals surface area contributed by atoms with Gasteiger partial charge in [-0.2, -0.15) is 12.6 Å². The third-order valence-corrected chi connectivity index (χ3v) is 5.59. The van der Waals surface area contributed by atoms with Crippen LogP contribution in [0.25, 0.3) is 0 Å². The molecule has 0 bridgehead atoms. The quantitative estimate of drug-likeness (QED) is 0.283. The van der Waals surface area contributed by atoms with Crippen LogP contribution in [0.15, 0.2) is 24.3 Å². The molecule has 0 spiro atoms. The van der Waals surface area contributed by atoms with Crippen LogP contribution in [0.1, 0.15) is 20.3 Å². The number of hydrogen-bond acceptors (Lipinski definition) is 10. The molecule has 0 aromatic heterocycles. The number of carbonyl (C=O) groups excluding carboxylic acids is 4. The van der Waals surface area contributed by atoms with Gasteiger partial charge in [-0.3, -0.25) is 29.4 Å². The SMILES string of the molecule is CC(=O)O[C@H]1CN(C(=O)[C@@H]2C[C@H](S)CN2C(=O)Oc2ccc([N+](=O)[O-])cc2)C[C@@H]1OC(C)=O. The van der Waals surface area contributed by atoms with Crippen molar-refractivity contribution in [2.75, 3.05) is 19.6 Å². The summed E-state index contributed by atoms with van der Waals surface area (Å²) in [5, 5.41) is 10.5. The normalized spacial score (nSPS) is 24.3. The van der Waals surface area contributed by atoms with Gasteiger partial charge in [0.2, 0.25) is 5.91 Å². The van der Waals surface area contributed by atoms with E-state index < -0.39 is 47.1 Å². The fraction of sp³-hybridized carbons (Fsp3) is 0.500. The molecule has 2 heterocycles. The zero-order valence-corrected chi connectivity index (χ0v) is 18.8. The molecule has 0 radical (unpaired) electrons. The van der Waals surface area contributed by atoms with Gasteiger partial charge in [0.15, 0.2) is 12.2 Å². The molecule has 3 rings (SSSR count). The predicted octanol–water partition coefficient (Wildman–Crippen LogP) is 1.17. The summed E-state index contributed by atoms with van der Waals surface area (Å²) in [5.41, 5.74) is -0.154. The number of ether oxygens (including phenoxy) is 3. The van der Waals surface area contributed by atoms with E-state index in [0.29, 0.717) is 0 Å². The highest BCUT2D eigenvalue weighted by atomic mass is 32.1. The van der Waals surface area contributed by atoms with E-state index in [0.717, 1.165) is 0 Å². The predicted molar refractivity (Wildman–Crippen MR) is 115 cm³/mol. The number of nitro groups is 1. The number of carbonyl (C=O) groups is 4. The number of nitrogens with zero attached hydrogens (tertiary/aromatic N) is 3. The smallest absolute Gasteiger partial charge is 0.415 e. The minimum Gasteiger partial charge on any atom is -0.457 e. The molecule has 178 valence electrons. The molecule has 0 aliphatic carbocycles. The second kappa shape index (κ2) is 10.1. The van der Waals surface area contributed by atoms with Gasteiger partial charge >= 0.3 is 18.0 Å². The Kier molecular flexibility index (Phi) is 7.41. The topological polar surface area (TPSA) is 146 Å². The van der Waals surface area contributed by atoms with Gasteiger partial charge in [-0.05, 0) is 18.6 Å². The van der Waals surface area contributed by atoms with Crippen LogP contribution in [0.2, 0.25) is 0 Å². The van der Waals surface area contributed by atoms with Gasteiger partial charge < -0.3 is 19.1 Å². The van der Waals surface area contributed by atoms with E-state index in [-0.39, 0.29) is 42.7 Å². The van der Waals surface area contributed by atoms with E-state index in [1.165, 1.54) is 47.9 Å². The Balaban J connectivity index is 1.70. The molecule has 2 saturated heterocycles. The average molecular weight is 481 g/mol. The van der Waals surface area contributed by atoms with Crippen molar-refractivity contribution in [2.24, 2.45) is 0 Å². The number of esters is 2. The van der Waals surface area contributed by atoms with Crippen LogP contribution in [0.4, 0.5) is 10.5 Å². The lowest BCUT2D eigenvalue weighted by atomic mass is 10.2. The Morgan fingerprint density at radius 2 is 1.55 bits per heavy atom. The van der Waals surface area contributed by atoms with Gasteiger partial charge in [0.1, 0.15) is 11.8 Å². The lowest BCUT2D eigenvalue weighted by Gasteiger charge is -2.27. The number of benzene rings is 1. The van der Waals surface area contributed by atoms with E-state index in [9.17, 15) is 29.3 Å². The minimum atomic E-state index is -0.882. The summed E-state index contributed by atoms with van der Waals surface area (Å²) in [6.45, 7) is 2.60. The highest BCUT2D eigenvalue weighted by Crippen LogP contribution is 2.28.